The molecule has 5 amide bonds. The molecule has 0 spiro atoms. The van der Waals surface area contributed by atoms with Gasteiger partial charge in [-0.1, -0.05) is 123 Å². The summed E-state index contributed by atoms with van der Waals surface area (Å²) in [6.45, 7) is 26.1. The van der Waals surface area contributed by atoms with E-state index in [0.29, 0.717) is 95.4 Å². The van der Waals surface area contributed by atoms with Crippen molar-refractivity contribution in [2.75, 3.05) is 57.7 Å². The monoisotopic (exact) mass is 1300 g/mol. The van der Waals surface area contributed by atoms with E-state index >= 15 is 0 Å². The second-order valence-electron chi connectivity index (χ2n) is 23.2. The van der Waals surface area contributed by atoms with E-state index in [1.807, 2.05) is 175 Å². The van der Waals surface area contributed by atoms with Crippen LogP contribution in [-0.2, 0) is 43.2 Å². The number of halogens is 1. The van der Waals surface area contributed by atoms with Crippen LogP contribution in [0.15, 0.2) is 146 Å². The van der Waals surface area contributed by atoms with Crippen LogP contribution in [0, 0.1) is 19.8 Å². The summed E-state index contributed by atoms with van der Waals surface area (Å²) >= 11 is 5.84. The molecule has 0 fully saturated rings. The first-order valence-electron chi connectivity index (χ1n) is 33.1. The number of benzene rings is 5. The molecule has 0 bridgehead atoms. The predicted molar refractivity (Wildman–Crippen MR) is 384 cm³/mol. The fourth-order valence-electron chi connectivity index (χ4n) is 9.68. The van der Waals surface area contributed by atoms with Crippen molar-refractivity contribution < 1.29 is 48.3 Å². The molecule has 5 aromatic rings. The quantitative estimate of drug-likeness (QED) is 0.0306. The van der Waals surface area contributed by atoms with Crippen LogP contribution in [0.5, 0.6) is 0 Å². The number of carbonyl (C=O) groups is 9. The lowest BCUT2D eigenvalue weighted by Crippen LogP contribution is -2.35. The molecule has 0 aromatic heterocycles. The second-order valence-corrected chi connectivity index (χ2v) is 23.7. The molecule has 0 heterocycles. The summed E-state index contributed by atoms with van der Waals surface area (Å²) in [4.78, 5) is 113. The minimum Gasteiger partial charge on any atom is -0.513 e. The first-order chi connectivity index (χ1) is 44.3. The van der Waals surface area contributed by atoms with E-state index in [4.69, 9.17) is 16.7 Å². The minimum absolute atomic E-state index is 0.0111. The maximum atomic E-state index is 12.3. The maximum Gasteiger partial charge on any atom is 0.229 e. The van der Waals surface area contributed by atoms with Gasteiger partial charge in [-0.2, -0.15) is 0 Å². The number of rotatable bonds is 34. The van der Waals surface area contributed by atoms with Gasteiger partial charge in [0.25, 0.3) is 0 Å². The third-order valence-electron chi connectivity index (χ3n) is 15.1. The zero-order chi connectivity index (χ0) is 69.7. The summed E-state index contributed by atoms with van der Waals surface area (Å²) in [7, 11) is 1.76. The summed E-state index contributed by atoms with van der Waals surface area (Å²) in [6, 6.07) is 42.4. The minimum atomic E-state index is -0.117. The average Bonchev–Trinajstić information content (AvgIpc) is 1.80. The van der Waals surface area contributed by atoms with E-state index in [0.717, 1.165) is 85.4 Å². The van der Waals surface area contributed by atoms with Crippen LogP contribution in [0.3, 0.4) is 0 Å². The van der Waals surface area contributed by atoms with Crippen molar-refractivity contribution in [3.8, 4) is 0 Å². The molecule has 508 valence electrons. The Morgan fingerprint density at radius 3 is 1.24 bits per heavy atom. The molecule has 93 heavy (non-hydrogen) atoms. The van der Waals surface area contributed by atoms with Gasteiger partial charge in [0.05, 0.1) is 5.76 Å². The first kappa shape index (κ1) is 83.0. The smallest absolute Gasteiger partial charge is 0.229 e. The van der Waals surface area contributed by atoms with Crippen LogP contribution in [0.25, 0.3) is 0 Å². The highest BCUT2D eigenvalue weighted by molar-refractivity contribution is 6.30. The third kappa shape index (κ3) is 36.1. The van der Waals surface area contributed by atoms with Crippen LogP contribution in [0.1, 0.15) is 195 Å². The van der Waals surface area contributed by atoms with Gasteiger partial charge in [-0.3, -0.25) is 24.0 Å². The molecule has 0 aliphatic rings. The van der Waals surface area contributed by atoms with E-state index in [1.54, 1.807) is 59.6 Å². The molecule has 0 radical (unpaired) electrons. The highest BCUT2D eigenvalue weighted by Crippen LogP contribution is 2.23. The van der Waals surface area contributed by atoms with E-state index in [1.165, 1.54) is 12.5 Å². The Balaban J connectivity index is 0.000000583. The lowest BCUT2D eigenvalue weighted by molar-refractivity contribution is -0.123. The van der Waals surface area contributed by atoms with E-state index in [9.17, 15) is 43.2 Å². The molecular weight excluding hydrogens is 1190 g/mol. The summed E-state index contributed by atoms with van der Waals surface area (Å²) in [5.74, 6) is 1.13. The van der Waals surface area contributed by atoms with Crippen LogP contribution in [0.2, 0.25) is 5.02 Å². The number of anilines is 5. The topological polar surface area (TPSA) is 190 Å². The van der Waals surface area contributed by atoms with Crippen molar-refractivity contribution in [3.63, 3.8) is 0 Å². The number of aryl methyl sites for hydroxylation is 2. The lowest BCUT2D eigenvalue weighted by Gasteiger charge is -2.24. The van der Waals surface area contributed by atoms with Gasteiger partial charge in [0.1, 0.15) is 23.1 Å². The van der Waals surface area contributed by atoms with Crippen molar-refractivity contribution in [2.24, 2.45) is 5.92 Å². The number of nitrogens with zero attached hydrogens (tertiary/aromatic N) is 5. The normalized spacial score (nSPS) is 10.5. The largest absolute Gasteiger partial charge is 0.513 e. The molecule has 5 aromatic carbocycles. The Labute approximate surface area is 561 Å². The molecule has 1 unspecified atom stereocenters. The summed E-state index contributed by atoms with van der Waals surface area (Å²) in [5, 5.41) is 9.59. The Morgan fingerprint density at radius 2 is 0.785 bits per heavy atom. The van der Waals surface area contributed by atoms with Gasteiger partial charge in [-0.15, -0.1) is 0 Å². The zero-order valence-electron chi connectivity index (χ0n) is 58.0. The molecular formula is C77H108ClN5O10. The van der Waals surface area contributed by atoms with Crippen molar-refractivity contribution in [2.45, 2.75) is 198 Å². The van der Waals surface area contributed by atoms with Gasteiger partial charge in [0.15, 0.2) is 0 Å². The molecule has 0 aliphatic heterocycles. The van der Waals surface area contributed by atoms with Gasteiger partial charge < -0.3 is 48.8 Å². The Kier molecular flexibility index (Phi) is 43.4. The predicted octanol–water partition coefficient (Wildman–Crippen LogP) is 17.6. The Hall–Kier alpha value is -8.04. The number of hydrogen-bond donors (Lipinski definition) is 1. The van der Waals surface area contributed by atoms with Gasteiger partial charge >= 0.3 is 0 Å². The number of carbonyl (C=O) groups excluding carboxylic acids is 9. The second kappa shape index (κ2) is 48.7. The number of unbranched alkanes of at least 4 members (excludes halogenated alkanes) is 6. The molecule has 1 N–H and O–H groups in total. The van der Waals surface area contributed by atoms with E-state index in [-0.39, 0.29) is 70.8 Å². The van der Waals surface area contributed by atoms with Crippen molar-refractivity contribution in [3.05, 3.63) is 162 Å². The number of ketones is 4. The number of amides is 5. The highest BCUT2D eigenvalue weighted by Gasteiger charge is 2.21. The highest BCUT2D eigenvalue weighted by atomic mass is 35.5. The Bertz CT molecular complexity index is 3030. The summed E-state index contributed by atoms with van der Waals surface area (Å²) in [6.07, 6.45) is 13.6. The standard InChI is InChI=1S/C19H29NO2.C15H20ClNO2.C15H21NO2.2C14H19NO2/c1-3-20(18-14-10-8-11-15-18)19(22)16-12-7-5-4-6-9-13-17(2)21;1-3-17(14-10-8-13(16)9-11-14)15(19)7-5-4-6-12(2)18;1-4-16(14-8-6-5-7-9-14)15(18)12(2)10-11-13(3)17;1-11-7-9-13(10-8-11)15(3)14(17)6-4-5-12(2)16;1-4-15(14(17)10-9-12(3)16)13-8-6-5-7-11(13)2/h8,10-11,14-15H,3-7,9,12-13,16H2,1-2H3;8-11H,3-7H2,1-2H3;5-9,12H,4,10-11H2,1-3H3;7-10,16H,2,4-6H2,1,3H3;5-8H,4,9-10H2,1-3H3. The van der Waals surface area contributed by atoms with E-state index in [2.05, 4.69) is 6.58 Å². The average molecular weight is 1300 g/mol. The van der Waals surface area contributed by atoms with E-state index < -0.39 is 0 Å². The van der Waals surface area contributed by atoms with Gasteiger partial charge in [-0.05, 0) is 180 Å². The number of aliphatic hydroxyl groups excluding tert-OH is 1. The Morgan fingerprint density at radius 1 is 0.409 bits per heavy atom. The van der Waals surface area contributed by atoms with Crippen LogP contribution in [-0.4, -0.2) is 91.0 Å². The number of Topliss-reactive ketones (excluding diaryl/α,β-unsaturated/α-hetero) is 4. The molecule has 0 saturated heterocycles. The number of aliphatic hydroxyl groups is 1. The van der Waals surface area contributed by atoms with Gasteiger partial charge in [0, 0.05) is 130 Å². The van der Waals surface area contributed by atoms with Gasteiger partial charge in [0.2, 0.25) is 29.5 Å². The maximum absolute atomic E-state index is 12.3. The van der Waals surface area contributed by atoms with Crippen LogP contribution in [0.4, 0.5) is 28.4 Å². The fourth-order valence-corrected chi connectivity index (χ4v) is 9.81. The summed E-state index contributed by atoms with van der Waals surface area (Å²) < 4.78 is 0. The number of hydrogen-bond acceptors (Lipinski definition) is 10. The van der Waals surface area contributed by atoms with Gasteiger partial charge in [-0.25, -0.2) is 0 Å². The first-order valence-corrected chi connectivity index (χ1v) is 33.5. The molecule has 15 nitrogen and oxygen atoms in total. The van der Waals surface area contributed by atoms with Crippen molar-refractivity contribution >= 4 is 92.7 Å². The lowest BCUT2D eigenvalue weighted by atomic mass is 10.0. The molecule has 0 saturated carbocycles. The summed E-state index contributed by atoms with van der Waals surface area (Å²) in [5.41, 5.74) is 6.84. The molecule has 5 rings (SSSR count). The third-order valence-corrected chi connectivity index (χ3v) is 15.4. The SMILES string of the molecule is C=C(O)CCCC(=O)N(C)c1ccc(C)cc1.CCN(C(=O)C(C)CCC(C)=O)c1ccccc1.CCN(C(=O)CCC(C)=O)c1ccccc1C.CCN(C(=O)CCCCC(C)=O)c1ccc(Cl)cc1.CCN(C(=O)CCCCCCCCC(C)=O)c1ccccc1. The number of allylic oxidation sites excluding steroid dienone is 1. The van der Waals surface area contributed by atoms with Crippen molar-refractivity contribution in [1.29, 1.82) is 0 Å². The number of para-hydroxylation sites is 3. The zero-order valence-corrected chi connectivity index (χ0v) is 58.7. The van der Waals surface area contributed by atoms with Crippen molar-refractivity contribution in [1.82, 2.24) is 0 Å². The molecule has 0 aliphatic carbocycles. The molecule has 1 atom stereocenters. The fraction of sp³-hybridized carbons (Fsp3) is 0.468. The van der Waals surface area contributed by atoms with Crippen LogP contribution < -0.4 is 24.5 Å². The molecule has 16 heteroatoms. The van der Waals surface area contributed by atoms with Crippen LogP contribution >= 0.6 is 11.6 Å².